The number of aromatic nitrogens is 2. The third kappa shape index (κ3) is 3.75. The van der Waals surface area contributed by atoms with Crippen molar-refractivity contribution in [2.75, 3.05) is 5.32 Å². The number of hydrogen-bond donors (Lipinski definition) is 2. The predicted molar refractivity (Wildman–Crippen MR) is 75.2 cm³/mol. The highest BCUT2D eigenvalue weighted by Crippen LogP contribution is 2.24. The average Bonchev–Trinajstić information content (AvgIpc) is 2.37. The predicted octanol–water partition coefficient (Wildman–Crippen LogP) is 2.69. The number of halogens is 2. The second-order valence-corrected chi connectivity index (χ2v) is 4.98. The summed E-state index contributed by atoms with van der Waals surface area (Å²) >= 11 is 11.6. The van der Waals surface area contributed by atoms with Gasteiger partial charge in [-0.15, -0.1) is 0 Å². The van der Waals surface area contributed by atoms with Crippen molar-refractivity contribution < 1.29 is 14.6 Å². The lowest BCUT2D eigenvalue weighted by Crippen LogP contribution is -2.23. The molecule has 0 aromatic carbocycles. The number of hydrogen-bond acceptors (Lipinski definition) is 6. The van der Waals surface area contributed by atoms with E-state index in [1.807, 2.05) is 13.8 Å². The van der Waals surface area contributed by atoms with Crippen LogP contribution in [0.3, 0.4) is 0 Å². The van der Waals surface area contributed by atoms with Crippen molar-refractivity contribution in [3.63, 3.8) is 0 Å². The van der Waals surface area contributed by atoms with Gasteiger partial charge in [-0.05, 0) is 25.4 Å². The van der Waals surface area contributed by atoms with Crippen molar-refractivity contribution >= 4 is 29.0 Å². The van der Waals surface area contributed by atoms with E-state index < -0.39 is 6.29 Å². The lowest BCUT2D eigenvalue weighted by molar-refractivity contribution is -0.0305. The lowest BCUT2D eigenvalue weighted by atomic mass is 10.3. The monoisotopic (exact) mass is 317 g/mol. The molecule has 1 aromatic heterocycles. The van der Waals surface area contributed by atoms with Crippen LogP contribution < -0.4 is 5.32 Å². The van der Waals surface area contributed by atoms with Gasteiger partial charge in [-0.25, -0.2) is 4.98 Å². The summed E-state index contributed by atoms with van der Waals surface area (Å²) in [5.41, 5.74) is 0.333. The molecule has 0 amide bonds. The van der Waals surface area contributed by atoms with Gasteiger partial charge >= 0.3 is 0 Å². The summed E-state index contributed by atoms with van der Waals surface area (Å²) in [4.78, 5) is 7.67. The van der Waals surface area contributed by atoms with E-state index in [-0.39, 0.29) is 22.2 Å². The molecule has 1 aliphatic rings. The summed E-state index contributed by atoms with van der Waals surface area (Å²) in [5, 5.41) is 12.9. The maximum Gasteiger partial charge on any atom is 0.238 e. The molecule has 1 atom stereocenters. The zero-order valence-corrected chi connectivity index (χ0v) is 12.3. The lowest BCUT2D eigenvalue weighted by Gasteiger charge is -2.22. The Morgan fingerprint density at radius 1 is 1.45 bits per heavy atom. The molecular formula is C12H13Cl2N3O3. The van der Waals surface area contributed by atoms with E-state index in [1.54, 1.807) is 6.08 Å². The fourth-order valence-electron chi connectivity index (χ4n) is 1.47. The number of nitrogens with one attached hydrogen (secondary N) is 1. The Balaban J connectivity index is 2.20. The molecule has 0 spiro atoms. The average molecular weight is 318 g/mol. The van der Waals surface area contributed by atoms with E-state index in [0.29, 0.717) is 11.5 Å². The Kier molecular flexibility index (Phi) is 4.69. The highest BCUT2D eigenvalue weighted by molar-refractivity contribution is 6.33. The van der Waals surface area contributed by atoms with Crippen LogP contribution in [-0.2, 0) is 9.47 Å². The van der Waals surface area contributed by atoms with Gasteiger partial charge in [0.25, 0.3) is 0 Å². The third-order valence-corrected chi connectivity index (χ3v) is 2.68. The standard InChI is InChI=1S/C12H13Cl2N3O3/c1-6(2)20-7-3-9(11(18)19-5-7)16-10-8(13)4-15-12(14)17-10/h3-6,11,18H,1-2H3,(H,15,16,17). The van der Waals surface area contributed by atoms with Crippen molar-refractivity contribution in [3.05, 3.63) is 40.3 Å². The zero-order chi connectivity index (χ0) is 14.7. The van der Waals surface area contributed by atoms with Crippen LogP contribution in [0.5, 0.6) is 0 Å². The number of nitrogens with zero attached hydrogens (tertiary/aromatic N) is 2. The second-order valence-electron chi connectivity index (χ2n) is 4.24. The Hall–Kier alpha value is -1.50. The Labute approximate surface area is 126 Å². The smallest absolute Gasteiger partial charge is 0.238 e. The van der Waals surface area contributed by atoms with E-state index in [9.17, 15) is 5.11 Å². The first kappa shape index (κ1) is 14.9. The molecule has 0 saturated carbocycles. The number of anilines is 1. The van der Waals surface area contributed by atoms with Gasteiger partial charge in [0.2, 0.25) is 11.6 Å². The molecule has 108 valence electrons. The molecule has 0 saturated heterocycles. The van der Waals surface area contributed by atoms with Crippen LogP contribution in [0.1, 0.15) is 13.8 Å². The number of ether oxygens (including phenoxy) is 2. The molecule has 8 heteroatoms. The van der Waals surface area contributed by atoms with Gasteiger partial charge in [0.1, 0.15) is 11.3 Å². The van der Waals surface area contributed by atoms with Gasteiger partial charge < -0.3 is 19.9 Å². The van der Waals surface area contributed by atoms with Crippen LogP contribution in [0.25, 0.3) is 0 Å². The minimum atomic E-state index is -1.17. The first-order valence-electron chi connectivity index (χ1n) is 5.82. The van der Waals surface area contributed by atoms with Crippen molar-refractivity contribution in [1.29, 1.82) is 0 Å². The largest absolute Gasteiger partial charge is 0.488 e. The van der Waals surface area contributed by atoms with Gasteiger partial charge in [-0.2, -0.15) is 4.98 Å². The third-order valence-electron chi connectivity index (χ3n) is 2.23. The highest BCUT2D eigenvalue weighted by Gasteiger charge is 2.19. The summed E-state index contributed by atoms with van der Waals surface area (Å²) in [6.07, 6.45) is 3.11. The van der Waals surface area contributed by atoms with Gasteiger partial charge in [-0.3, -0.25) is 0 Å². The van der Waals surface area contributed by atoms with Crippen LogP contribution in [0.15, 0.2) is 30.0 Å². The molecule has 2 rings (SSSR count). The van der Waals surface area contributed by atoms with Crippen LogP contribution in [0.2, 0.25) is 10.3 Å². The molecule has 20 heavy (non-hydrogen) atoms. The van der Waals surface area contributed by atoms with Crippen LogP contribution in [-0.4, -0.2) is 27.5 Å². The summed E-state index contributed by atoms with van der Waals surface area (Å²) in [6.45, 7) is 3.77. The van der Waals surface area contributed by atoms with Crippen molar-refractivity contribution in [1.82, 2.24) is 9.97 Å². The molecule has 0 radical (unpaired) electrons. The SMILES string of the molecule is CC(C)OC1=COC(O)C(Nc2nc(Cl)ncc2Cl)=C1. The van der Waals surface area contributed by atoms with Gasteiger partial charge in [0.05, 0.1) is 18.0 Å². The maximum absolute atomic E-state index is 9.77. The molecule has 1 aliphatic heterocycles. The maximum atomic E-state index is 9.77. The van der Waals surface area contributed by atoms with E-state index in [0.717, 1.165) is 0 Å². The fraction of sp³-hybridized carbons (Fsp3) is 0.333. The van der Waals surface area contributed by atoms with Gasteiger partial charge in [-0.1, -0.05) is 11.6 Å². The van der Waals surface area contributed by atoms with Gasteiger partial charge in [0, 0.05) is 6.08 Å². The van der Waals surface area contributed by atoms with Crippen LogP contribution in [0.4, 0.5) is 5.82 Å². The van der Waals surface area contributed by atoms with E-state index in [4.69, 9.17) is 32.7 Å². The minimum absolute atomic E-state index is 0.0188. The summed E-state index contributed by atoms with van der Waals surface area (Å²) in [7, 11) is 0. The van der Waals surface area contributed by atoms with Crippen molar-refractivity contribution in [2.45, 2.75) is 26.2 Å². The number of rotatable bonds is 4. The molecule has 0 bridgehead atoms. The zero-order valence-electron chi connectivity index (χ0n) is 10.8. The fourth-order valence-corrected chi connectivity index (χ4v) is 1.74. The highest BCUT2D eigenvalue weighted by atomic mass is 35.5. The molecule has 2 heterocycles. The molecular weight excluding hydrogens is 305 g/mol. The minimum Gasteiger partial charge on any atom is -0.488 e. The molecule has 1 aromatic rings. The molecule has 2 N–H and O–H groups in total. The number of allylic oxidation sites excluding steroid dienone is 1. The van der Waals surface area contributed by atoms with E-state index >= 15 is 0 Å². The van der Waals surface area contributed by atoms with Crippen LogP contribution >= 0.6 is 23.2 Å². The molecule has 0 aliphatic carbocycles. The van der Waals surface area contributed by atoms with E-state index in [2.05, 4.69) is 15.3 Å². The van der Waals surface area contributed by atoms with Crippen molar-refractivity contribution in [2.24, 2.45) is 0 Å². The topological polar surface area (TPSA) is 76.5 Å². The number of aliphatic hydroxyl groups excluding tert-OH is 1. The van der Waals surface area contributed by atoms with Crippen molar-refractivity contribution in [3.8, 4) is 0 Å². The first-order valence-corrected chi connectivity index (χ1v) is 6.58. The quantitative estimate of drug-likeness (QED) is 0.831. The molecule has 6 nitrogen and oxygen atoms in total. The Morgan fingerprint density at radius 2 is 2.20 bits per heavy atom. The van der Waals surface area contributed by atoms with Gasteiger partial charge in [0.15, 0.2) is 11.6 Å². The summed E-state index contributed by atoms with van der Waals surface area (Å²) in [6, 6.07) is 0. The number of aliphatic hydroxyl groups is 1. The Bertz CT molecular complexity index is 561. The first-order chi connectivity index (χ1) is 9.45. The second kappa shape index (κ2) is 6.30. The summed E-state index contributed by atoms with van der Waals surface area (Å²) < 4.78 is 10.5. The summed E-state index contributed by atoms with van der Waals surface area (Å²) in [5.74, 6) is 0.746. The van der Waals surface area contributed by atoms with Crippen LogP contribution in [0, 0.1) is 0 Å². The normalized spacial score (nSPS) is 18.2. The van der Waals surface area contributed by atoms with E-state index in [1.165, 1.54) is 12.5 Å². The Morgan fingerprint density at radius 3 is 2.90 bits per heavy atom. The molecule has 0 fully saturated rings. The molecule has 1 unspecified atom stereocenters.